The van der Waals surface area contributed by atoms with Crippen molar-refractivity contribution in [1.82, 2.24) is 4.72 Å². The van der Waals surface area contributed by atoms with Crippen LogP contribution in [0, 0.1) is 0 Å². The maximum atomic E-state index is 12.4. The molecule has 0 saturated carbocycles. The van der Waals surface area contributed by atoms with Gasteiger partial charge in [-0.15, -0.1) is 0 Å². The van der Waals surface area contributed by atoms with Gasteiger partial charge in [0.15, 0.2) is 0 Å². The standard InChI is InChI=1S/C14H13BrClNO3S/c1-9(10-3-2-4-12(18)7-10)17-21(19,20)14-6-5-11(15)8-13(14)16/h2-9,17-18H,1H3. The van der Waals surface area contributed by atoms with E-state index >= 15 is 0 Å². The van der Waals surface area contributed by atoms with E-state index in [0.29, 0.717) is 10.0 Å². The molecule has 0 aromatic heterocycles. The van der Waals surface area contributed by atoms with Crippen molar-refractivity contribution in [2.45, 2.75) is 17.9 Å². The Bertz CT molecular complexity index is 765. The predicted molar refractivity (Wildman–Crippen MR) is 86.0 cm³/mol. The van der Waals surface area contributed by atoms with Crippen LogP contribution in [-0.4, -0.2) is 13.5 Å². The lowest BCUT2D eigenvalue weighted by molar-refractivity contribution is 0.473. The largest absolute Gasteiger partial charge is 0.508 e. The smallest absolute Gasteiger partial charge is 0.242 e. The van der Waals surface area contributed by atoms with E-state index in [-0.39, 0.29) is 15.7 Å². The zero-order valence-corrected chi connectivity index (χ0v) is 14.2. The molecule has 112 valence electrons. The van der Waals surface area contributed by atoms with Crippen LogP contribution in [0.25, 0.3) is 0 Å². The second-order valence-electron chi connectivity index (χ2n) is 4.51. The molecule has 1 unspecified atom stereocenters. The molecule has 0 bridgehead atoms. The summed E-state index contributed by atoms with van der Waals surface area (Å²) in [6, 6.07) is 10.5. The summed E-state index contributed by atoms with van der Waals surface area (Å²) in [5, 5.41) is 9.59. The van der Waals surface area contributed by atoms with Gasteiger partial charge in [0.2, 0.25) is 10.0 Å². The first kappa shape index (κ1) is 16.3. The van der Waals surface area contributed by atoms with Crippen LogP contribution in [0.15, 0.2) is 51.8 Å². The van der Waals surface area contributed by atoms with Gasteiger partial charge in [0, 0.05) is 10.5 Å². The highest BCUT2D eigenvalue weighted by Gasteiger charge is 2.21. The summed E-state index contributed by atoms with van der Waals surface area (Å²) < 4.78 is 28.0. The van der Waals surface area contributed by atoms with Gasteiger partial charge in [-0.25, -0.2) is 13.1 Å². The Balaban J connectivity index is 2.29. The summed E-state index contributed by atoms with van der Waals surface area (Å²) in [4.78, 5) is 0.0133. The molecule has 1 atom stereocenters. The average Bonchev–Trinajstić information content (AvgIpc) is 2.37. The lowest BCUT2D eigenvalue weighted by atomic mass is 10.1. The minimum Gasteiger partial charge on any atom is -0.508 e. The van der Waals surface area contributed by atoms with Crippen molar-refractivity contribution < 1.29 is 13.5 Å². The molecule has 2 rings (SSSR count). The third-order valence-electron chi connectivity index (χ3n) is 2.89. The van der Waals surface area contributed by atoms with Gasteiger partial charge in [-0.1, -0.05) is 39.7 Å². The summed E-state index contributed by atoms with van der Waals surface area (Å²) in [5.74, 6) is 0.0835. The van der Waals surface area contributed by atoms with Gasteiger partial charge in [-0.05, 0) is 42.8 Å². The van der Waals surface area contributed by atoms with Crippen molar-refractivity contribution in [3.63, 3.8) is 0 Å². The monoisotopic (exact) mass is 389 g/mol. The maximum absolute atomic E-state index is 12.4. The number of halogens is 2. The van der Waals surface area contributed by atoms with E-state index in [4.69, 9.17) is 11.6 Å². The van der Waals surface area contributed by atoms with E-state index in [2.05, 4.69) is 20.7 Å². The van der Waals surface area contributed by atoms with Crippen LogP contribution in [0.3, 0.4) is 0 Å². The van der Waals surface area contributed by atoms with E-state index < -0.39 is 16.1 Å². The molecule has 0 aliphatic heterocycles. The van der Waals surface area contributed by atoms with Crippen LogP contribution in [-0.2, 0) is 10.0 Å². The fraction of sp³-hybridized carbons (Fsp3) is 0.143. The Morgan fingerprint density at radius 1 is 1.24 bits per heavy atom. The number of benzene rings is 2. The van der Waals surface area contributed by atoms with Gasteiger partial charge in [-0.2, -0.15) is 0 Å². The summed E-state index contributed by atoms with van der Waals surface area (Å²) in [5.41, 5.74) is 0.659. The molecule has 7 heteroatoms. The molecule has 0 amide bonds. The molecule has 0 heterocycles. The number of rotatable bonds is 4. The lowest BCUT2D eigenvalue weighted by Gasteiger charge is -2.15. The van der Waals surface area contributed by atoms with Gasteiger partial charge in [0.25, 0.3) is 0 Å². The summed E-state index contributed by atoms with van der Waals surface area (Å²) in [6.45, 7) is 1.69. The molecular weight excluding hydrogens is 378 g/mol. The summed E-state index contributed by atoms with van der Waals surface area (Å²) in [7, 11) is -3.75. The van der Waals surface area contributed by atoms with Crippen LogP contribution in [0.5, 0.6) is 5.75 Å². The third-order valence-corrected chi connectivity index (χ3v) is 5.40. The van der Waals surface area contributed by atoms with E-state index in [9.17, 15) is 13.5 Å². The number of hydrogen-bond donors (Lipinski definition) is 2. The molecule has 0 aliphatic rings. The Hall–Kier alpha value is -1.08. The predicted octanol–water partition coefficient (Wildman–Crippen LogP) is 3.85. The van der Waals surface area contributed by atoms with E-state index in [1.807, 2.05) is 0 Å². The molecule has 0 spiro atoms. The third kappa shape index (κ3) is 3.97. The van der Waals surface area contributed by atoms with Crippen LogP contribution in [0.4, 0.5) is 0 Å². The van der Waals surface area contributed by atoms with Crippen molar-refractivity contribution in [3.05, 3.63) is 57.5 Å². The zero-order chi connectivity index (χ0) is 15.6. The van der Waals surface area contributed by atoms with Crippen LogP contribution in [0.1, 0.15) is 18.5 Å². The SMILES string of the molecule is CC(NS(=O)(=O)c1ccc(Br)cc1Cl)c1cccc(O)c1. The molecule has 0 fully saturated rings. The first-order chi connectivity index (χ1) is 9.79. The topological polar surface area (TPSA) is 66.4 Å². The molecule has 2 aromatic carbocycles. The Morgan fingerprint density at radius 2 is 1.95 bits per heavy atom. The van der Waals surface area contributed by atoms with Gasteiger partial charge in [0.1, 0.15) is 10.6 Å². The highest BCUT2D eigenvalue weighted by Crippen LogP contribution is 2.27. The van der Waals surface area contributed by atoms with Crippen molar-refractivity contribution >= 4 is 37.6 Å². The average molecular weight is 391 g/mol. The van der Waals surface area contributed by atoms with E-state index in [1.165, 1.54) is 24.3 Å². The van der Waals surface area contributed by atoms with Crippen LogP contribution in [0.2, 0.25) is 5.02 Å². The van der Waals surface area contributed by atoms with Crippen molar-refractivity contribution in [1.29, 1.82) is 0 Å². The molecular formula is C14H13BrClNO3S. The van der Waals surface area contributed by atoms with Gasteiger partial charge >= 0.3 is 0 Å². The van der Waals surface area contributed by atoms with Crippen LogP contribution >= 0.6 is 27.5 Å². The quantitative estimate of drug-likeness (QED) is 0.833. The Kier molecular flexibility index (Phi) is 4.93. The Labute approximate surface area is 136 Å². The minimum atomic E-state index is -3.75. The number of phenols is 1. The molecule has 0 aliphatic carbocycles. The molecule has 0 saturated heterocycles. The minimum absolute atomic E-state index is 0.0133. The normalized spacial score (nSPS) is 13.1. The fourth-order valence-corrected chi connectivity index (χ4v) is 4.12. The molecule has 21 heavy (non-hydrogen) atoms. The maximum Gasteiger partial charge on any atom is 0.242 e. The molecule has 4 nitrogen and oxygen atoms in total. The number of hydrogen-bond acceptors (Lipinski definition) is 3. The fourth-order valence-electron chi connectivity index (χ4n) is 1.85. The summed E-state index contributed by atoms with van der Waals surface area (Å²) >= 11 is 9.21. The zero-order valence-electron chi connectivity index (χ0n) is 11.0. The van der Waals surface area contributed by atoms with Gasteiger partial charge in [-0.3, -0.25) is 0 Å². The van der Waals surface area contributed by atoms with E-state index in [0.717, 1.165) is 0 Å². The lowest BCUT2D eigenvalue weighted by Crippen LogP contribution is -2.27. The second kappa shape index (κ2) is 6.36. The van der Waals surface area contributed by atoms with E-state index in [1.54, 1.807) is 25.1 Å². The molecule has 2 aromatic rings. The van der Waals surface area contributed by atoms with Crippen molar-refractivity contribution in [3.8, 4) is 5.75 Å². The number of nitrogens with one attached hydrogen (secondary N) is 1. The van der Waals surface area contributed by atoms with Crippen molar-refractivity contribution in [2.75, 3.05) is 0 Å². The number of phenolic OH excluding ortho intramolecular Hbond substituents is 1. The molecule has 2 N–H and O–H groups in total. The summed E-state index contributed by atoms with van der Waals surface area (Å²) in [6.07, 6.45) is 0. The number of sulfonamides is 1. The molecule has 0 radical (unpaired) electrons. The van der Waals surface area contributed by atoms with Gasteiger partial charge < -0.3 is 5.11 Å². The Morgan fingerprint density at radius 3 is 2.57 bits per heavy atom. The first-order valence-electron chi connectivity index (χ1n) is 6.06. The highest BCUT2D eigenvalue weighted by atomic mass is 79.9. The van der Waals surface area contributed by atoms with Crippen LogP contribution < -0.4 is 4.72 Å². The number of aromatic hydroxyl groups is 1. The van der Waals surface area contributed by atoms with Gasteiger partial charge in [0.05, 0.1) is 5.02 Å². The first-order valence-corrected chi connectivity index (χ1v) is 8.71. The highest BCUT2D eigenvalue weighted by molar-refractivity contribution is 9.10. The van der Waals surface area contributed by atoms with Crippen molar-refractivity contribution in [2.24, 2.45) is 0 Å². The second-order valence-corrected chi connectivity index (χ2v) is 7.52.